The van der Waals surface area contributed by atoms with Gasteiger partial charge in [0.15, 0.2) is 0 Å². The molecule has 0 saturated carbocycles. The Kier molecular flexibility index (Phi) is 3.82. The molecule has 8 nitrogen and oxygen atoms in total. The fourth-order valence-electron chi connectivity index (χ4n) is 2.18. The standard InChI is InChI=1S/C11H16N4O4S/c1-20(18,19)14-4-2-13(3-5-14)10-6-9(12)7-11(8-10)15(16)17/h6-8H,2-5,12H2,1H3. The molecule has 1 saturated heterocycles. The summed E-state index contributed by atoms with van der Waals surface area (Å²) in [5.74, 6) is 0. The Bertz CT molecular complexity index is 623. The van der Waals surface area contributed by atoms with Crippen LogP contribution in [0.5, 0.6) is 0 Å². The number of nitro benzene ring substituents is 1. The van der Waals surface area contributed by atoms with Crippen molar-refractivity contribution in [2.75, 3.05) is 43.1 Å². The van der Waals surface area contributed by atoms with Crippen LogP contribution in [0.25, 0.3) is 0 Å². The monoisotopic (exact) mass is 300 g/mol. The molecule has 0 amide bonds. The van der Waals surface area contributed by atoms with E-state index in [0.717, 1.165) is 0 Å². The number of hydrogen-bond acceptors (Lipinski definition) is 6. The number of anilines is 2. The van der Waals surface area contributed by atoms with E-state index in [0.29, 0.717) is 37.6 Å². The van der Waals surface area contributed by atoms with Crippen LogP contribution in [0.3, 0.4) is 0 Å². The number of rotatable bonds is 3. The number of nitrogens with two attached hydrogens (primary N) is 1. The Morgan fingerprint density at radius 2 is 1.80 bits per heavy atom. The van der Waals surface area contributed by atoms with Crippen LogP contribution in [0.1, 0.15) is 0 Å². The van der Waals surface area contributed by atoms with Gasteiger partial charge in [-0.3, -0.25) is 10.1 Å². The van der Waals surface area contributed by atoms with E-state index in [1.807, 2.05) is 4.90 Å². The Labute approximate surface area is 117 Å². The minimum Gasteiger partial charge on any atom is -0.398 e. The molecule has 0 radical (unpaired) electrons. The first-order valence-corrected chi connectivity index (χ1v) is 7.87. The largest absolute Gasteiger partial charge is 0.398 e. The maximum absolute atomic E-state index is 11.4. The minimum atomic E-state index is -3.19. The van der Waals surface area contributed by atoms with Gasteiger partial charge in [0.25, 0.3) is 5.69 Å². The number of nitro groups is 1. The lowest BCUT2D eigenvalue weighted by molar-refractivity contribution is -0.384. The molecular formula is C11H16N4O4S. The maximum atomic E-state index is 11.4. The van der Waals surface area contributed by atoms with E-state index in [9.17, 15) is 18.5 Å². The molecule has 0 bridgehead atoms. The van der Waals surface area contributed by atoms with E-state index in [1.54, 1.807) is 6.07 Å². The summed E-state index contributed by atoms with van der Waals surface area (Å²) in [6, 6.07) is 4.41. The predicted octanol–water partition coefficient (Wildman–Crippen LogP) is 0.259. The lowest BCUT2D eigenvalue weighted by atomic mass is 10.2. The molecule has 0 atom stereocenters. The second-order valence-corrected chi connectivity index (χ2v) is 6.67. The second-order valence-electron chi connectivity index (χ2n) is 4.69. The molecule has 0 unspecified atom stereocenters. The fraction of sp³-hybridized carbons (Fsp3) is 0.455. The Balaban J connectivity index is 2.17. The number of nitrogens with zero attached hydrogens (tertiary/aromatic N) is 3. The summed E-state index contributed by atoms with van der Waals surface area (Å²) in [7, 11) is -3.19. The average Bonchev–Trinajstić information content (AvgIpc) is 2.37. The van der Waals surface area contributed by atoms with E-state index in [2.05, 4.69) is 0 Å². The van der Waals surface area contributed by atoms with Crippen molar-refractivity contribution in [1.29, 1.82) is 0 Å². The zero-order chi connectivity index (χ0) is 14.9. The Hall–Kier alpha value is -1.87. The summed E-state index contributed by atoms with van der Waals surface area (Å²) in [5.41, 5.74) is 6.56. The van der Waals surface area contributed by atoms with Crippen molar-refractivity contribution in [3.63, 3.8) is 0 Å². The number of sulfonamides is 1. The van der Waals surface area contributed by atoms with Crippen LogP contribution in [0, 0.1) is 10.1 Å². The highest BCUT2D eigenvalue weighted by Crippen LogP contribution is 2.26. The average molecular weight is 300 g/mol. The third-order valence-electron chi connectivity index (χ3n) is 3.21. The molecule has 1 aromatic rings. The van der Waals surface area contributed by atoms with Gasteiger partial charge in [-0.15, -0.1) is 0 Å². The van der Waals surface area contributed by atoms with Crippen LogP contribution in [0.15, 0.2) is 18.2 Å². The van der Waals surface area contributed by atoms with Crippen LogP contribution in [-0.2, 0) is 10.0 Å². The summed E-state index contributed by atoms with van der Waals surface area (Å²) in [5, 5.41) is 10.8. The lowest BCUT2D eigenvalue weighted by Gasteiger charge is -2.34. The van der Waals surface area contributed by atoms with Gasteiger partial charge in [-0.25, -0.2) is 8.42 Å². The van der Waals surface area contributed by atoms with Crippen molar-refractivity contribution in [3.8, 4) is 0 Å². The van der Waals surface area contributed by atoms with Gasteiger partial charge in [0.05, 0.1) is 11.2 Å². The van der Waals surface area contributed by atoms with Gasteiger partial charge in [0, 0.05) is 49.7 Å². The molecular weight excluding hydrogens is 284 g/mol. The van der Waals surface area contributed by atoms with Crippen molar-refractivity contribution in [2.45, 2.75) is 0 Å². The smallest absolute Gasteiger partial charge is 0.273 e. The van der Waals surface area contributed by atoms with E-state index in [-0.39, 0.29) is 5.69 Å². The Morgan fingerprint density at radius 1 is 1.20 bits per heavy atom. The summed E-state index contributed by atoms with van der Waals surface area (Å²) in [6.45, 7) is 1.68. The van der Waals surface area contributed by atoms with Crippen LogP contribution < -0.4 is 10.6 Å². The van der Waals surface area contributed by atoms with Crippen LogP contribution in [0.2, 0.25) is 0 Å². The first-order chi connectivity index (χ1) is 9.27. The fourth-order valence-corrected chi connectivity index (χ4v) is 3.01. The normalized spacial score (nSPS) is 17.1. The Morgan fingerprint density at radius 3 is 2.30 bits per heavy atom. The number of benzene rings is 1. The minimum absolute atomic E-state index is 0.0643. The van der Waals surface area contributed by atoms with Crippen LogP contribution in [-0.4, -0.2) is 50.1 Å². The topological polar surface area (TPSA) is 110 Å². The maximum Gasteiger partial charge on any atom is 0.273 e. The van der Waals surface area contributed by atoms with E-state index < -0.39 is 14.9 Å². The van der Waals surface area contributed by atoms with E-state index >= 15 is 0 Å². The van der Waals surface area contributed by atoms with Crippen molar-refractivity contribution in [2.24, 2.45) is 0 Å². The highest BCUT2D eigenvalue weighted by Gasteiger charge is 2.24. The molecule has 1 heterocycles. The van der Waals surface area contributed by atoms with Gasteiger partial charge in [-0.2, -0.15) is 4.31 Å². The molecule has 0 spiro atoms. The zero-order valence-electron chi connectivity index (χ0n) is 11.0. The number of nitrogen functional groups attached to an aromatic ring is 1. The molecule has 2 N–H and O–H groups in total. The van der Waals surface area contributed by atoms with Crippen LogP contribution >= 0.6 is 0 Å². The summed E-state index contributed by atoms with van der Waals surface area (Å²) >= 11 is 0. The molecule has 0 aliphatic carbocycles. The molecule has 110 valence electrons. The van der Waals surface area contributed by atoms with Gasteiger partial charge in [0.2, 0.25) is 10.0 Å². The SMILES string of the molecule is CS(=O)(=O)N1CCN(c2cc(N)cc([N+](=O)[O-])c2)CC1. The molecule has 20 heavy (non-hydrogen) atoms. The summed E-state index contributed by atoms with van der Waals surface area (Å²) < 4.78 is 24.2. The van der Waals surface area contributed by atoms with Gasteiger partial charge in [0.1, 0.15) is 0 Å². The molecule has 0 aromatic heterocycles. The van der Waals surface area contributed by atoms with Gasteiger partial charge in [-0.05, 0) is 6.07 Å². The quantitative estimate of drug-likeness (QED) is 0.487. The summed E-state index contributed by atoms with van der Waals surface area (Å²) in [4.78, 5) is 12.2. The third kappa shape index (κ3) is 3.17. The highest BCUT2D eigenvalue weighted by atomic mass is 32.2. The molecule has 2 rings (SSSR count). The van der Waals surface area contributed by atoms with Crippen molar-refractivity contribution >= 4 is 27.1 Å². The highest BCUT2D eigenvalue weighted by molar-refractivity contribution is 7.88. The van der Waals surface area contributed by atoms with Gasteiger partial charge < -0.3 is 10.6 Å². The molecule has 9 heteroatoms. The zero-order valence-corrected chi connectivity index (χ0v) is 11.8. The molecule has 1 aliphatic heterocycles. The van der Waals surface area contributed by atoms with E-state index in [4.69, 9.17) is 5.73 Å². The summed E-state index contributed by atoms with van der Waals surface area (Å²) in [6.07, 6.45) is 1.17. The van der Waals surface area contributed by atoms with Gasteiger partial charge >= 0.3 is 0 Å². The molecule has 1 aliphatic rings. The first-order valence-electron chi connectivity index (χ1n) is 6.02. The lowest BCUT2D eigenvalue weighted by Crippen LogP contribution is -2.48. The number of non-ortho nitro benzene ring substituents is 1. The van der Waals surface area contributed by atoms with E-state index in [1.165, 1.54) is 22.7 Å². The number of hydrogen-bond donors (Lipinski definition) is 1. The van der Waals surface area contributed by atoms with Crippen molar-refractivity contribution < 1.29 is 13.3 Å². The number of piperazine rings is 1. The third-order valence-corrected chi connectivity index (χ3v) is 4.51. The van der Waals surface area contributed by atoms with Crippen molar-refractivity contribution in [3.05, 3.63) is 28.3 Å². The second kappa shape index (κ2) is 5.25. The molecule has 1 aromatic carbocycles. The molecule has 1 fully saturated rings. The first kappa shape index (κ1) is 14.5. The van der Waals surface area contributed by atoms with Gasteiger partial charge in [-0.1, -0.05) is 0 Å². The van der Waals surface area contributed by atoms with Crippen molar-refractivity contribution in [1.82, 2.24) is 4.31 Å². The van der Waals surface area contributed by atoms with Crippen LogP contribution in [0.4, 0.5) is 17.1 Å². The predicted molar refractivity (Wildman–Crippen MR) is 76.1 cm³/mol.